The molecule has 2 aromatic carbocycles. The molecule has 2 heterocycles. The van der Waals surface area contributed by atoms with Gasteiger partial charge in [-0.15, -0.1) is 0 Å². The summed E-state index contributed by atoms with van der Waals surface area (Å²) >= 11 is 6.94. The maximum absolute atomic E-state index is 12.9. The molecular weight excluding hydrogens is 990 g/mol. The number of nitrogens with two attached hydrogens (primary N) is 1. The summed E-state index contributed by atoms with van der Waals surface area (Å²) in [5.41, 5.74) is 9.82. The number of carbonyl (C=O) groups is 4. The lowest BCUT2D eigenvalue weighted by molar-refractivity contribution is -0.138. The standard InChI is InChI=1S/C25H36BrN3O4.C15H20BrN3O.C9H17NO4/c1-6-8-12-32-13-11-27-23-18(16-28-22-15-19(26)9-10-21(22)23)14-20(30)17-29(7-2)24(31)33-25(3,4)5;1-2-3-7-20-8-6-18-15-12-5-4-11(16)9-14(12)19-10-13(15)17;1-5-10(6-7(11)12)8(13)14-9(2,3)4/h9-10,15-16H,6-8,11-14,17H2,1-5H3,(H,27,28);4-5,9-10H,2-3,6-8,17H2,1H3,(H,18,19);5-6H2,1-4H3,(H,11,12). The molecule has 0 fully saturated rings. The van der Waals surface area contributed by atoms with Gasteiger partial charge in [-0.1, -0.05) is 58.5 Å². The highest BCUT2D eigenvalue weighted by molar-refractivity contribution is 9.10. The lowest BCUT2D eigenvalue weighted by Crippen LogP contribution is -2.40. The van der Waals surface area contributed by atoms with Crippen LogP contribution in [0.4, 0.5) is 26.7 Å². The van der Waals surface area contributed by atoms with Crippen LogP contribution in [-0.4, -0.2) is 126 Å². The first-order valence-electron chi connectivity index (χ1n) is 22.9. The lowest BCUT2D eigenvalue weighted by Gasteiger charge is -2.26. The van der Waals surface area contributed by atoms with Crippen molar-refractivity contribution in [2.45, 2.75) is 113 Å². The zero-order valence-electron chi connectivity index (χ0n) is 41.1. The molecule has 67 heavy (non-hydrogen) atoms. The van der Waals surface area contributed by atoms with Gasteiger partial charge in [0.1, 0.15) is 17.7 Å². The molecular formula is C49H73Br2N7O9. The van der Waals surface area contributed by atoms with Crippen molar-refractivity contribution >= 4 is 94.7 Å². The third kappa shape index (κ3) is 22.7. The van der Waals surface area contributed by atoms with E-state index in [4.69, 9.17) is 29.8 Å². The summed E-state index contributed by atoms with van der Waals surface area (Å²) in [6, 6.07) is 11.9. The third-order valence-corrected chi connectivity index (χ3v) is 10.3. The number of hydrogen-bond donors (Lipinski definition) is 4. The van der Waals surface area contributed by atoms with Gasteiger partial charge in [-0.3, -0.25) is 24.5 Å². The number of hydrogen-bond acceptors (Lipinski definition) is 13. The highest BCUT2D eigenvalue weighted by Gasteiger charge is 2.24. The smallest absolute Gasteiger partial charge is 0.410 e. The first-order valence-corrected chi connectivity index (χ1v) is 24.4. The van der Waals surface area contributed by atoms with Crippen molar-refractivity contribution in [2.75, 3.05) is 82.1 Å². The van der Waals surface area contributed by atoms with Crippen molar-refractivity contribution in [3.8, 4) is 0 Å². The molecule has 372 valence electrons. The number of anilines is 3. The van der Waals surface area contributed by atoms with E-state index in [9.17, 15) is 19.2 Å². The second-order valence-electron chi connectivity index (χ2n) is 17.5. The van der Waals surface area contributed by atoms with Crippen molar-refractivity contribution < 1.29 is 43.2 Å². The van der Waals surface area contributed by atoms with Gasteiger partial charge in [0.2, 0.25) is 0 Å². The SMILES string of the molecule is CCCCOCCNc1c(CC(=O)CN(CC)C(=O)OC(C)(C)C)cnc2cc(Br)ccc12.CCCCOCCNc1c(N)cnc2cc(Br)ccc12.CCN(CC(=O)O)C(=O)OC(C)(C)C. The quantitative estimate of drug-likeness (QED) is 0.0540. The van der Waals surface area contributed by atoms with Gasteiger partial charge in [-0.2, -0.15) is 0 Å². The number of amides is 2. The van der Waals surface area contributed by atoms with Crippen molar-refractivity contribution in [3.05, 3.63) is 63.3 Å². The van der Waals surface area contributed by atoms with E-state index in [0.29, 0.717) is 38.5 Å². The predicted molar refractivity (Wildman–Crippen MR) is 275 cm³/mol. The van der Waals surface area contributed by atoms with Crippen molar-refractivity contribution in [1.29, 1.82) is 0 Å². The number of benzene rings is 2. The maximum Gasteiger partial charge on any atom is 0.410 e. The first kappa shape index (κ1) is 58.3. The Morgan fingerprint density at radius 3 is 1.57 bits per heavy atom. The number of carboxylic acids is 1. The van der Waals surface area contributed by atoms with E-state index < -0.39 is 29.4 Å². The highest BCUT2D eigenvalue weighted by atomic mass is 79.9. The summed E-state index contributed by atoms with van der Waals surface area (Å²) in [4.78, 5) is 58.5. The Hall–Kier alpha value is -4.78. The topological polar surface area (TPSA) is 208 Å². The number of fused-ring (bicyclic) bond motifs is 2. The summed E-state index contributed by atoms with van der Waals surface area (Å²) in [5, 5.41) is 17.3. The Labute approximate surface area is 413 Å². The minimum atomic E-state index is -1.04. The summed E-state index contributed by atoms with van der Waals surface area (Å²) in [6.07, 6.45) is 6.91. The Morgan fingerprint density at radius 1 is 0.672 bits per heavy atom. The van der Waals surface area contributed by atoms with Crippen LogP contribution in [-0.2, 0) is 35.0 Å². The summed E-state index contributed by atoms with van der Waals surface area (Å²) in [7, 11) is 0. The van der Waals surface area contributed by atoms with E-state index in [0.717, 1.165) is 98.0 Å². The molecule has 0 radical (unpaired) electrons. The Morgan fingerprint density at radius 2 is 1.12 bits per heavy atom. The molecule has 4 rings (SSSR count). The number of carbonyl (C=O) groups excluding carboxylic acids is 3. The van der Waals surface area contributed by atoms with Crippen LogP contribution in [0.25, 0.3) is 21.8 Å². The van der Waals surface area contributed by atoms with Crippen LogP contribution < -0.4 is 16.4 Å². The number of nitrogen functional groups attached to an aromatic ring is 1. The molecule has 2 amide bonds. The number of aromatic nitrogens is 2. The van der Waals surface area contributed by atoms with Gasteiger partial charge in [-0.25, -0.2) is 9.59 Å². The van der Waals surface area contributed by atoms with Crippen LogP contribution in [0.5, 0.6) is 0 Å². The fourth-order valence-electron chi connectivity index (χ4n) is 6.03. The number of pyridine rings is 2. The number of Topliss-reactive ketones (excluding diaryl/α,β-unsaturated/α-hetero) is 1. The van der Waals surface area contributed by atoms with Crippen LogP contribution in [0.15, 0.2) is 57.7 Å². The van der Waals surface area contributed by atoms with E-state index in [-0.39, 0.29) is 25.3 Å². The number of ketones is 1. The molecule has 0 spiro atoms. The molecule has 0 saturated carbocycles. The van der Waals surface area contributed by atoms with E-state index in [1.807, 2.05) is 64.1 Å². The van der Waals surface area contributed by atoms with Crippen molar-refractivity contribution in [2.24, 2.45) is 0 Å². The zero-order valence-corrected chi connectivity index (χ0v) is 44.2. The molecule has 0 aliphatic rings. The second-order valence-corrected chi connectivity index (χ2v) is 19.3. The first-order chi connectivity index (χ1) is 31.6. The number of nitrogens with zero attached hydrogens (tertiary/aromatic N) is 4. The molecule has 0 aliphatic heterocycles. The van der Waals surface area contributed by atoms with Gasteiger partial charge in [0.05, 0.1) is 48.4 Å². The number of ether oxygens (including phenoxy) is 4. The molecule has 0 atom stereocenters. The molecule has 0 bridgehead atoms. The molecule has 16 nitrogen and oxygen atoms in total. The zero-order chi connectivity index (χ0) is 50.2. The third-order valence-electron chi connectivity index (χ3n) is 9.30. The summed E-state index contributed by atoms with van der Waals surface area (Å²) < 4.78 is 23.6. The Bertz CT molecular complexity index is 2180. The molecule has 4 aromatic rings. The van der Waals surface area contributed by atoms with Gasteiger partial charge in [0.15, 0.2) is 5.78 Å². The van der Waals surface area contributed by atoms with Crippen LogP contribution in [0.3, 0.4) is 0 Å². The molecule has 2 aromatic heterocycles. The van der Waals surface area contributed by atoms with Gasteiger partial charge >= 0.3 is 18.2 Å². The monoisotopic (exact) mass is 1060 g/mol. The van der Waals surface area contributed by atoms with E-state index in [1.54, 1.807) is 40.1 Å². The van der Waals surface area contributed by atoms with Crippen LogP contribution >= 0.6 is 31.9 Å². The second kappa shape index (κ2) is 29.9. The Kier molecular flexibility index (Phi) is 26.0. The number of aliphatic carboxylic acids is 1. The van der Waals surface area contributed by atoms with Gasteiger partial charge in [-0.05, 0) is 105 Å². The largest absolute Gasteiger partial charge is 0.480 e. The van der Waals surface area contributed by atoms with Gasteiger partial charge in [0, 0.05) is 83.0 Å². The normalized spacial score (nSPS) is 11.2. The molecule has 5 N–H and O–H groups in total. The number of halogens is 2. The fraction of sp³-hybridized carbons (Fsp3) is 0.551. The lowest BCUT2D eigenvalue weighted by atomic mass is 10.0. The summed E-state index contributed by atoms with van der Waals surface area (Å²) in [6.45, 7) is 23.0. The van der Waals surface area contributed by atoms with E-state index in [1.165, 1.54) is 4.90 Å². The van der Waals surface area contributed by atoms with E-state index in [2.05, 4.69) is 66.3 Å². The van der Waals surface area contributed by atoms with Crippen molar-refractivity contribution in [3.63, 3.8) is 0 Å². The molecule has 0 unspecified atom stereocenters. The Balaban J connectivity index is 0.000000384. The maximum atomic E-state index is 12.9. The summed E-state index contributed by atoms with van der Waals surface area (Å²) in [5.74, 6) is -1.12. The predicted octanol–water partition coefficient (Wildman–Crippen LogP) is 10.7. The van der Waals surface area contributed by atoms with Crippen LogP contribution in [0.2, 0.25) is 0 Å². The van der Waals surface area contributed by atoms with Gasteiger partial charge in [0.25, 0.3) is 0 Å². The average molecular weight is 1060 g/mol. The highest BCUT2D eigenvalue weighted by Crippen LogP contribution is 2.30. The minimum Gasteiger partial charge on any atom is -0.480 e. The molecule has 0 saturated heterocycles. The minimum absolute atomic E-state index is 0.0106. The fourth-order valence-corrected chi connectivity index (χ4v) is 6.73. The van der Waals surface area contributed by atoms with Crippen LogP contribution in [0, 0.1) is 0 Å². The number of rotatable bonds is 22. The number of unbranched alkanes of at least 4 members (excludes halogenated alkanes) is 2. The van der Waals surface area contributed by atoms with Crippen LogP contribution in [0.1, 0.15) is 100 Å². The average Bonchev–Trinajstić information content (AvgIpc) is 3.24. The number of carboxylic acid groups (broad SMARTS) is 1. The van der Waals surface area contributed by atoms with Crippen molar-refractivity contribution in [1.82, 2.24) is 19.8 Å². The molecule has 0 aliphatic carbocycles. The molecule has 18 heteroatoms. The number of likely N-dealkylation sites (N-methyl/N-ethyl adjacent to an activating group) is 2. The van der Waals surface area contributed by atoms with Gasteiger partial charge < -0.3 is 45.3 Å². The van der Waals surface area contributed by atoms with E-state index >= 15 is 0 Å². The number of nitrogens with one attached hydrogen (secondary N) is 2.